The van der Waals surface area contributed by atoms with Crippen molar-refractivity contribution in [2.45, 2.75) is 20.1 Å². The summed E-state index contributed by atoms with van der Waals surface area (Å²) < 4.78 is 7.48. The first-order chi connectivity index (χ1) is 8.69. The van der Waals surface area contributed by atoms with E-state index in [1.54, 1.807) is 4.68 Å². The second-order valence-corrected chi connectivity index (χ2v) is 4.38. The minimum Gasteiger partial charge on any atom is -0.473 e. The fourth-order valence-electron chi connectivity index (χ4n) is 1.84. The molecule has 96 valence electrons. The van der Waals surface area contributed by atoms with E-state index in [1.807, 2.05) is 27.1 Å². The van der Waals surface area contributed by atoms with Crippen LogP contribution in [-0.2, 0) is 20.2 Å². The van der Waals surface area contributed by atoms with Gasteiger partial charge in [0.15, 0.2) is 0 Å². The van der Waals surface area contributed by atoms with Crippen molar-refractivity contribution in [1.29, 1.82) is 0 Å². The van der Waals surface area contributed by atoms with Gasteiger partial charge >= 0.3 is 0 Å². The molecule has 1 heterocycles. The molecule has 0 bridgehead atoms. The predicted octanol–water partition coefficient (Wildman–Crippen LogP) is 2.03. The van der Waals surface area contributed by atoms with Crippen LogP contribution in [0.25, 0.3) is 0 Å². The van der Waals surface area contributed by atoms with Crippen molar-refractivity contribution in [3.63, 3.8) is 0 Å². The lowest BCUT2D eigenvalue weighted by Gasteiger charge is -2.07. The number of rotatable bonds is 5. The number of benzene rings is 1. The second kappa shape index (κ2) is 5.69. The Hall–Kier alpha value is -1.81. The van der Waals surface area contributed by atoms with Crippen LogP contribution in [0.1, 0.15) is 16.8 Å². The normalized spacial score (nSPS) is 10.6. The third kappa shape index (κ3) is 3.11. The molecular weight excluding hydrogens is 226 g/mol. The smallest absolute Gasteiger partial charge is 0.212 e. The van der Waals surface area contributed by atoms with Crippen molar-refractivity contribution in [3.8, 4) is 5.88 Å². The number of nitrogens with zero attached hydrogens (tertiary/aromatic N) is 2. The van der Waals surface area contributed by atoms with Crippen molar-refractivity contribution in [3.05, 3.63) is 47.2 Å². The SMILES string of the molecule is CNCc1ccc(COc2cc(C)nn2C)cc1. The maximum atomic E-state index is 5.73. The van der Waals surface area contributed by atoms with Crippen molar-refractivity contribution < 1.29 is 4.74 Å². The van der Waals surface area contributed by atoms with Gasteiger partial charge in [-0.25, -0.2) is 4.68 Å². The van der Waals surface area contributed by atoms with Crippen molar-refractivity contribution >= 4 is 0 Å². The summed E-state index contributed by atoms with van der Waals surface area (Å²) >= 11 is 0. The average molecular weight is 245 g/mol. The molecule has 0 amide bonds. The van der Waals surface area contributed by atoms with Gasteiger partial charge in [0.05, 0.1) is 5.69 Å². The Balaban J connectivity index is 1.95. The third-order valence-electron chi connectivity index (χ3n) is 2.75. The monoisotopic (exact) mass is 245 g/mol. The van der Waals surface area contributed by atoms with Crippen LogP contribution in [0.3, 0.4) is 0 Å². The Labute approximate surface area is 108 Å². The van der Waals surface area contributed by atoms with Gasteiger partial charge in [-0.15, -0.1) is 0 Å². The molecule has 2 aromatic rings. The van der Waals surface area contributed by atoms with Gasteiger partial charge in [-0.2, -0.15) is 5.10 Å². The number of hydrogen-bond acceptors (Lipinski definition) is 3. The van der Waals surface area contributed by atoms with Crippen LogP contribution in [-0.4, -0.2) is 16.8 Å². The summed E-state index contributed by atoms with van der Waals surface area (Å²) in [4.78, 5) is 0. The molecule has 1 N–H and O–H groups in total. The van der Waals surface area contributed by atoms with Crippen LogP contribution in [0.15, 0.2) is 30.3 Å². The molecule has 0 fully saturated rings. The van der Waals surface area contributed by atoms with Gasteiger partial charge in [0.2, 0.25) is 5.88 Å². The minimum absolute atomic E-state index is 0.568. The number of aromatic nitrogens is 2. The molecular formula is C14H19N3O. The van der Waals surface area contributed by atoms with E-state index in [9.17, 15) is 0 Å². The zero-order valence-electron chi connectivity index (χ0n) is 11.1. The van der Waals surface area contributed by atoms with Gasteiger partial charge in [0.1, 0.15) is 6.61 Å². The first kappa shape index (κ1) is 12.6. The number of aryl methyl sites for hydroxylation is 2. The lowest BCUT2D eigenvalue weighted by Crippen LogP contribution is -2.05. The molecule has 1 aromatic carbocycles. The van der Waals surface area contributed by atoms with Gasteiger partial charge in [-0.3, -0.25) is 0 Å². The average Bonchev–Trinajstić information content (AvgIpc) is 2.67. The van der Waals surface area contributed by atoms with Gasteiger partial charge in [-0.1, -0.05) is 24.3 Å². The Kier molecular flexibility index (Phi) is 3.99. The van der Waals surface area contributed by atoms with Crippen molar-refractivity contribution in [2.75, 3.05) is 7.05 Å². The molecule has 1 aromatic heterocycles. The van der Waals surface area contributed by atoms with E-state index >= 15 is 0 Å². The zero-order valence-corrected chi connectivity index (χ0v) is 11.1. The van der Waals surface area contributed by atoms with E-state index in [1.165, 1.54) is 5.56 Å². The van der Waals surface area contributed by atoms with E-state index < -0.39 is 0 Å². The summed E-state index contributed by atoms with van der Waals surface area (Å²) in [6, 6.07) is 10.4. The summed E-state index contributed by atoms with van der Waals surface area (Å²) in [5.74, 6) is 0.798. The molecule has 4 nitrogen and oxygen atoms in total. The lowest BCUT2D eigenvalue weighted by atomic mass is 10.1. The zero-order chi connectivity index (χ0) is 13.0. The molecule has 4 heteroatoms. The van der Waals surface area contributed by atoms with E-state index in [0.29, 0.717) is 6.61 Å². The van der Waals surface area contributed by atoms with Crippen LogP contribution < -0.4 is 10.1 Å². The van der Waals surface area contributed by atoms with Crippen LogP contribution in [0.2, 0.25) is 0 Å². The van der Waals surface area contributed by atoms with Gasteiger partial charge in [-0.05, 0) is 25.1 Å². The summed E-state index contributed by atoms with van der Waals surface area (Å²) in [5.41, 5.74) is 3.41. The van der Waals surface area contributed by atoms with E-state index in [4.69, 9.17) is 4.74 Å². The predicted molar refractivity (Wildman–Crippen MR) is 71.5 cm³/mol. The van der Waals surface area contributed by atoms with Crippen LogP contribution in [0.5, 0.6) is 5.88 Å². The van der Waals surface area contributed by atoms with E-state index in [0.717, 1.165) is 23.7 Å². The van der Waals surface area contributed by atoms with Gasteiger partial charge in [0, 0.05) is 19.7 Å². The van der Waals surface area contributed by atoms with Gasteiger partial charge < -0.3 is 10.1 Å². The number of ether oxygens (including phenoxy) is 1. The maximum Gasteiger partial charge on any atom is 0.212 e. The Morgan fingerprint density at radius 3 is 2.44 bits per heavy atom. The second-order valence-electron chi connectivity index (χ2n) is 4.38. The van der Waals surface area contributed by atoms with Crippen LogP contribution in [0.4, 0.5) is 0 Å². The van der Waals surface area contributed by atoms with Gasteiger partial charge in [0.25, 0.3) is 0 Å². The standard InChI is InChI=1S/C14H19N3O/c1-11-8-14(17(3)16-11)18-10-13-6-4-12(5-7-13)9-15-2/h4-8,15H,9-10H2,1-3H3. The molecule has 2 rings (SSSR count). The number of nitrogens with one attached hydrogen (secondary N) is 1. The molecule has 0 aliphatic rings. The topological polar surface area (TPSA) is 39.1 Å². The number of hydrogen-bond donors (Lipinski definition) is 1. The largest absolute Gasteiger partial charge is 0.473 e. The summed E-state index contributed by atoms with van der Waals surface area (Å²) in [6.07, 6.45) is 0. The van der Waals surface area contributed by atoms with Crippen LogP contribution in [0, 0.1) is 6.92 Å². The highest BCUT2D eigenvalue weighted by Gasteiger charge is 2.03. The highest BCUT2D eigenvalue weighted by atomic mass is 16.5. The summed E-state index contributed by atoms with van der Waals surface area (Å²) in [7, 11) is 3.83. The molecule has 0 saturated carbocycles. The molecule has 0 saturated heterocycles. The quantitative estimate of drug-likeness (QED) is 0.876. The molecule has 0 radical (unpaired) electrons. The fraction of sp³-hybridized carbons (Fsp3) is 0.357. The Bertz CT molecular complexity index is 502. The van der Waals surface area contributed by atoms with Crippen LogP contribution >= 0.6 is 0 Å². The maximum absolute atomic E-state index is 5.73. The lowest BCUT2D eigenvalue weighted by molar-refractivity contribution is 0.279. The fourth-order valence-corrected chi connectivity index (χ4v) is 1.84. The highest BCUT2D eigenvalue weighted by Crippen LogP contribution is 2.13. The van der Waals surface area contributed by atoms with Crippen molar-refractivity contribution in [1.82, 2.24) is 15.1 Å². The van der Waals surface area contributed by atoms with E-state index in [2.05, 4.69) is 34.7 Å². The van der Waals surface area contributed by atoms with Crippen molar-refractivity contribution in [2.24, 2.45) is 7.05 Å². The molecule has 0 atom stereocenters. The summed E-state index contributed by atoms with van der Waals surface area (Å²) in [6.45, 7) is 3.42. The molecule has 0 unspecified atom stereocenters. The van der Waals surface area contributed by atoms with E-state index in [-0.39, 0.29) is 0 Å². The highest BCUT2D eigenvalue weighted by molar-refractivity contribution is 5.23. The Morgan fingerprint density at radius 2 is 1.89 bits per heavy atom. The molecule has 0 aliphatic carbocycles. The molecule has 0 aliphatic heterocycles. The first-order valence-electron chi connectivity index (χ1n) is 6.05. The minimum atomic E-state index is 0.568. The Morgan fingerprint density at radius 1 is 1.22 bits per heavy atom. The first-order valence-corrected chi connectivity index (χ1v) is 6.05. The third-order valence-corrected chi connectivity index (χ3v) is 2.75. The molecule has 0 spiro atoms. The molecule has 18 heavy (non-hydrogen) atoms. The summed E-state index contributed by atoms with van der Waals surface area (Å²) in [5, 5.41) is 7.37.